The van der Waals surface area contributed by atoms with Gasteiger partial charge in [-0.15, -0.1) is 0 Å². The van der Waals surface area contributed by atoms with E-state index in [9.17, 15) is 4.39 Å². The minimum absolute atomic E-state index is 0.205. The van der Waals surface area contributed by atoms with Gasteiger partial charge in [0.05, 0.1) is 0 Å². The molecule has 1 atom stereocenters. The first-order chi connectivity index (χ1) is 3.83. The van der Waals surface area contributed by atoms with Gasteiger partial charge in [0.1, 0.15) is 6.17 Å². The Balaban J connectivity index is 1.98. The zero-order valence-corrected chi connectivity index (χ0v) is 4.94. The van der Waals surface area contributed by atoms with E-state index in [1.165, 1.54) is 12.8 Å². The van der Waals surface area contributed by atoms with Crippen LogP contribution >= 0.6 is 0 Å². The van der Waals surface area contributed by atoms with Crippen molar-refractivity contribution < 1.29 is 4.39 Å². The summed E-state index contributed by atoms with van der Waals surface area (Å²) >= 11 is 0. The van der Waals surface area contributed by atoms with Crippen LogP contribution in [0.2, 0.25) is 0 Å². The Labute approximate surface area is 49.1 Å². The Morgan fingerprint density at radius 2 is 2.25 bits per heavy atom. The van der Waals surface area contributed by atoms with E-state index in [4.69, 9.17) is 5.73 Å². The van der Waals surface area contributed by atoms with Gasteiger partial charge in [0, 0.05) is 6.54 Å². The van der Waals surface area contributed by atoms with Crippen LogP contribution in [0.1, 0.15) is 19.3 Å². The molecule has 0 saturated heterocycles. The lowest BCUT2D eigenvalue weighted by Crippen LogP contribution is -2.15. The van der Waals surface area contributed by atoms with Crippen LogP contribution in [-0.4, -0.2) is 12.7 Å². The smallest absolute Gasteiger partial charge is 0.113 e. The highest BCUT2D eigenvalue weighted by atomic mass is 19.1. The van der Waals surface area contributed by atoms with E-state index >= 15 is 0 Å². The standard InChI is InChI=1S/C6H12FN/c7-6(4-8)3-5-1-2-5/h5-6H,1-4,8H2/t6-/m1/s1. The normalized spacial score (nSPS) is 23.2. The van der Waals surface area contributed by atoms with Crippen molar-refractivity contribution in [3.05, 3.63) is 0 Å². The molecule has 1 aliphatic rings. The molecule has 1 rings (SSSR count). The molecule has 0 aliphatic heterocycles. The summed E-state index contributed by atoms with van der Waals surface area (Å²) in [4.78, 5) is 0. The highest BCUT2D eigenvalue weighted by Crippen LogP contribution is 2.33. The van der Waals surface area contributed by atoms with Crippen LogP contribution in [0.4, 0.5) is 4.39 Å². The molecule has 0 spiro atoms. The van der Waals surface area contributed by atoms with Crippen LogP contribution in [0.25, 0.3) is 0 Å². The molecule has 2 heteroatoms. The molecule has 1 nitrogen and oxygen atoms in total. The third kappa shape index (κ3) is 1.78. The van der Waals surface area contributed by atoms with Crippen LogP contribution < -0.4 is 5.73 Å². The van der Waals surface area contributed by atoms with E-state index in [-0.39, 0.29) is 6.54 Å². The number of hydrogen-bond donors (Lipinski definition) is 1. The van der Waals surface area contributed by atoms with Crippen molar-refractivity contribution in [2.24, 2.45) is 11.7 Å². The predicted octanol–water partition coefficient (Wildman–Crippen LogP) is 1.08. The summed E-state index contributed by atoms with van der Waals surface area (Å²) in [6.07, 6.45) is 2.42. The van der Waals surface area contributed by atoms with Crippen molar-refractivity contribution in [1.82, 2.24) is 0 Å². The average Bonchev–Trinajstić information content (AvgIpc) is 2.50. The second-order valence-electron chi connectivity index (χ2n) is 2.51. The minimum atomic E-state index is -0.734. The summed E-state index contributed by atoms with van der Waals surface area (Å²) in [5.74, 6) is 0.675. The SMILES string of the molecule is NC[C@H](F)CC1CC1. The minimum Gasteiger partial charge on any atom is -0.328 e. The lowest BCUT2D eigenvalue weighted by Gasteiger charge is -2.00. The quantitative estimate of drug-likeness (QED) is 0.588. The molecule has 48 valence electrons. The Bertz CT molecular complexity index is 70.9. The van der Waals surface area contributed by atoms with Gasteiger partial charge in [-0.2, -0.15) is 0 Å². The Hall–Kier alpha value is -0.110. The summed E-state index contributed by atoms with van der Waals surface area (Å²) in [6.45, 7) is 0.205. The molecule has 0 radical (unpaired) electrons. The maximum Gasteiger partial charge on any atom is 0.113 e. The van der Waals surface area contributed by atoms with Gasteiger partial charge >= 0.3 is 0 Å². The molecule has 1 fully saturated rings. The Morgan fingerprint density at radius 3 is 2.62 bits per heavy atom. The fourth-order valence-electron chi connectivity index (χ4n) is 0.811. The van der Waals surface area contributed by atoms with Crippen LogP contribution in [0, 0.1) is 5.92 Å². The molecule has 0 aromatic rings. The van der Waals surface area contributed by atoms with Gasteiger partial charge in [0.25, 0.3) is 0 Å². The summed E-state index contributed by atoms with van der Waals surface area (Å²) < 4.78 is 12.3. The zero-order valence-electron chi connectivity index (χ0n) is 4.94. The van der Waals surface area contributed by atoms with Gasteiger partial charge in [-0.3, -0.25) is 0 Å². The van der Waals surface area contributed by atoms with Crippen molar-refractivity contribution >= 4 is 0 Å². The van der Waals surface area contributed by atoms with Crippen molar-refractivity contribution in [3.63, 3.8) is 0 Å². The lowest BCUT2D eigenvalue weighted by atomic mass is 10.2. The first kappa shape index (κ1) is 6.02. The van der Waals surface area contributed by atoms with Crippen LogP contribution in [0.3, 0.4) is 0 Å². The third-order valence-electron chi connectivity index (χ3n) is 1.54. The van der Waals surface area contributed by atoms with Crippen molar-refractivity contribution in [2.45, 2.75) is 25.4 Å². The van der Waals surface area contributed by atoms with E-state index in [1.54, 1.807) is 0 Å². The van der Waals surface area contributed by atoms with Crippen LogP contribution in [0.5, 0.6) is 0 Å². The first-order valence-corrected chi connectivity index (χ1v) is 3.17. The predicted molar refractivity (Wildman–Crippen MR) is 31.3 cm³/mol. The van der Waals surface area contributed by atoms with Gasteiger partial charge in [-0.25, -0.2) is 4.39 Å². The fourth-order valence-corrected chi connectivity index (χ4v) is 0.811. The maximum atomic E-state index is 12.3. The lowest BCUT2D eigenvalue weighted by molar-refractivity contribution is 0.309. The first-order valence-electron chi connectivity index (χ1n) is 3.17. The van der Waals surface area contributed by atoms with Crippen LogP contribution in [-0.2, 0) is 0 Å². The molecule has 0 heterocycles. The van der Waals surface area contributed by atoms with Gasteiger partial charge in [-0.1, -0.05) is 12.8 Å². The number of alkyl halides is 1. The van der Waals surface area contributed by atoms with Gasteiger partial charge in [-0.05, 0) is 12.3 Å². The van der Waals surface area contributed by atoms with Crippen molar-refractivity contribution in [2.75, 3.05) is 6.54 Å². The summed E-state index contributed by atoms with van der Waals surface area (Å²) in [5, 5.41) is 0. The summed E-state index contributed by atoms with van der Waals surface area (Å²) in [6, 6.07) is 0. The zero-order chi connectivity index (χ0) is 5.98. The second-order valence-corrected chi connectivity index (χ2v) is 2.51. The van der Waals surface area contributed by atoms with E-state index < -0.39 is 6.17 Å². The molecule has 8 heavy (non-hydrogen) atoms. The molecule has 0 bridgehead atoms. The van der Waals surface area contributed by atoms with Crippen LogP contribution in [0.15, 0.2) is 0 Å². The average molecular weight is 117 g/mol. The van der Waals surface area contributed by atoms with E-state index in [1.807, 2.05) is 0 Å². The van der Waals surface area contributed by atoms with Gasteiger partial charge in [0.2, 0.25) is 0 Å². The molecule has 0 amide bonds. The molecule has 1 aliphatic carbocycles. The van der Waals surface area contributed by atoms with E-state index in [0.717, 1.165) is 0 Å². The van der Waals surface area contributed by atoms with Crippen molar-refractivity contribution in [3.8, 4) is 0 Å². The topological polar surface area (TPSA) is 26.0 Å². The van der Waals surface area contributed by atoms with E-state index in [0.29, 0.717) is 12.3 Å². The monoisotopic (exact) mass is 117 g/mol. The molecule has 2 N–H and O–H groups in total. The highest BCUT2D eigenvalue weighted by molar-refractivity contribution is 4.76. The third-order valence-corrected chi connectivity index (χ3v) is 1.54. The second kappa shape index (κ2) is 2.44. The molecule has 0 unspecified atom stereocenters. The van der Waals surface area contributed by atoms with Gasteiger partial charge in [0.15, 0.2) is 0 Å². The number of hydrogen-bond acceptors (Lipinski definition) is 1. The summed E-state index contributed by atoms with van der Waals surface area (Å²) in [5.41, 5.74) is 5.07. The molecule has 0 aromatic heterocycles. The molecular formula is C6H12FN. The number of rotatable bonds is 3. The summed E-state index contributed by atoms with van der Waals surface area (Å²) in [7, 11) is 0. The fraction of sp³-hybridized carbons (Fsp3) is 1.00. The molecule has 0 aromatic carbocycles. The Kier molecular flexibility index (Phi) is 1.84. The van der Waals surface area contributed by atoms with Gasteiger partial charge < -0.3 is 5.73 Å². The van der Waals surface area contributed by atoms with E-state index in [2.05, 4.69) is 0 Å². The maximum absolute atomic E-state index is 12.3. The van der Waals surface area contributed by atoms with Crippen molar-refractivity contribution in [1.29, 1.82) is 0 Å². The molecule has 1 saturated carbocycles. The largest absolute Gasteiger partial charge is 0.328 e. The number of nitrogens with two attached hydrogens (primary N) is 1. The Morgan fingerprint density at radius 1 is 1.62 bits per heavy atom. The highest BCUT2D eigenvalue weighted by Gasteiger charge is 2.24. The number of halogens is 1. The molecular weight excluding hydrogens is 105 g/mol.